The SMILES string of the molecule is C[C@@H](CCc1ccccc1)NC(=O)N1CCN(Cc2ccco2)CC1. The van der Waals surface area contributed by atoms with Crippen LogP contribution in [0, 0.1) is 0 Å². The Bertz CT molecular complexity index is 634. The van der Waals surface area contributed by atoms with Gasteiger partial charge in [-0.2, -0.15) is 0 Å². The van der Waals surface area contributed by atoms with Crippen LogP contribution in [-0.4, -0.2) is 48.1 Å². The molecule has 3 rings (SSSR count). The molecule has 0 spiro atoms. The Labute approximate surface area is 149 Å². The van der Waals surface area contributed by atoms with Gasteiger partial charge in [0.2, 0.25) is 0 Å². The molecule has 2 amide bonds. The topological polar surface area (TPSA) is 48.7 Å². The molecule has 0 bridgehead atoms. The highest BCUT2D eigenvalue weighted by atomic mass is 16.3. The molecule has 1 aliphatic heterocycles. The van der Waals surface area contributed by atoms with Crippen LogP contribution in [-0.2, 0) is 13.0 Å². The number of benzene rings is 1. The molecule has 0 radical (unpaired) electrons. The molecule has 1 saturated heterocycles. The van der Waals surface area contributed by atoms with Gasteiger partial charge < -0.3 is 14.6 Å². The van der Waals surface area contributed by atoms with E-state index in [-0.39, 0.29) is 12.1 Å². The summed E-state index contributed by atoms with van der Waals surface area (Å²) in [6.45, 7) is 6.18. The lowest BCUT2D eigenvalue weighted by Gasteiger charge is -2.34. The predicted octanol–water partition coefficient (Wildman–Crippen LogP) is 3.13. The number of hydrogen-bond donors (Lipinski definition) is 1. The van der Waals surface area contributed by atoms with Crippen LogP contribution in [0.1, 0.15) is 24.7 Å². The third-order valence-corrected chi connectivity index (χ3v) is 4.70. The molecular weight excluding hydrogens is 314 g/mol. The van der Waals surface area contributed by atoms with Gasteiger partial charge in [-0.1, -0.05) is 30.3 Å². The highest BCUT2D eigenvalue weighted by Crippen LogP contribution is 2.10. The van der Waals surface area contributed by atoms with Gasteiger partial charge in [0, 0.05) is 32.2 Å². The van der Waals surface area contributed by atoms with Crippen molar-refractivity contribution in [2.45, 2.75) is 32.4 Å². The summed E-state index contributed by atoms with van der Waals surface area (Å²) in [6.07, 6.45) is 3.64. The third kappa shape index (κ3) is 5.36. The maximum atomic E-state index is 12.4. The Morgan fingerprint density at radius 3 is 2.56 bits per heavy atom. The van der Waals surface area contributed by atoms with E-state index in [1.165, 1.54) is 5.56 Å². The van der Waals surface area contributed by atoms with Crippen molar-refractivity contribution in [3.8, 4) is 0 Å². The first-order chi connectivity index (χ1) is 12.2. The van der Waals surface area contributed by atoms with Crippen LogP contribution < -0.4 is 5.32 Å². The minimum atomic E-state index is 0.0539. The number of piperazine rings is 1. The number of nitrogens with one attached hydrogen (secondary N) is 1. The molecule has 2 heterocycles. The molecule has 1 aromatic heterocycles. The zero-order chi connectivity index (χ0) is 17.5. The summed E-state index contributed by atoms with van der Waals surface area (Å²) in [5.41, 5.74) is 1.31. The van der Waals surface area contributed by atoms with E-state index in [9.17, 15) is 4.79 Å². The van der Waals surface area contributed by atoms with Crippen LogP contribution in [0.4, 0.5) is 4.79 Å². The van der Waals surface area contributed by atoms with Crippen molar-refractivity contribution in [2.75, 3.05) is 26.2 Å². The minimum absolute atomic E-state index is 0.0539. The molecule has 0 aliphatic carbocycles. The van der Waals surface area contributed by atoms with Crippen LogP contribution in [0.3, 0.4) is 0 Å². The molecule has 0 saturated carbocycles. The van der Waals surface area contributed by atoms with Gasteiger partial charge in [0.1, 0.15) is 5.76 Å². The van der Waals surface area contributed by atoms with E-state index in [1.54, 1.807) is 6.26 Å². The first-order valence-corrected chi connectivity index (χ1v) is 9.05. The van der Waals surface area contributed by atoms with Gasteiger partial charge in [-0.15, -0.1) is 0 Å². The van der Waals surface area contributed by atoms with E-state index in [0.29, 0.717) is 0 Å². The second-order valence-electron chi connectivity index (χ2n) is 6.72. The molecular formula is C20H27N3O2. The minimum Gasteiger partial charge on any atom is -0.468 e. The lowest BCUT2D eigenvalue weighted by atomic mass is 10.1. The summed E-state index contributed by atoms with van der Waals surface area (Å²) in [5.74, 6) is 0.979. The lowest BCUT2D eigenvalue weighted by molar-refractivity contribution is 0.128. The summed E-state index contributed by atoms with van der Waals surface area (Å²) >= 11 is 0. The number of amides is 2. The largest absolute Gasteiger partial charge is 0.468 e. The van der Waals surface area contributed by atoms with Gasteiger partial charge in [-0.05, 0) is 37.5 Å². The average Bonchev–Trinajstić information content (AvgIpc) is 3.14. The first-order valence-electron chi connectivity index (χ1n) is 9.05. The summed E-state index contributed by atoms with van der Waals surface area (Å²) in [6, 6.07) is 14.5. The van der Waals surface area contributed by atoms with Crippen molar-refractivity contribution in [3.05, 3.63) is 60.1 Å². The van der Waals surface area contributed by atoms with Crippen LogP contribution in [0.2, 0.25) is 0 Å². The van der Waals surface area contributed by atoms with E-state index in [2.05, 4.69) is 41.4 Å². The Morgan fingerprint density at radius 2 is 1.88 bits per heavy atom. The number of furan rings is 1. The standard InChI is InChI=1S/C20H27N3O2/c1-17(9-10-18-6-3-2-4-7-18)21-20(24)23-13-11-22(12-14-23)16-19-8-5-15-25-19/h2-8,15,17H,9-14,16H2,1H3,(H,21,24)/t17-/m0/s1. The van der Waals surface area contributed by atoms with Gasteiger partial charge in [0.25, 0.3) is 0 Å². The van der Waals surface area contributed by atoms with E-state index >= 15 is 0 Å². The van der Waals surface area contributed by atoms with Crippen molar-refractivity contribution in [2.24, 2.45) is 0 Å². The second kappa shape index (κ2) is 8.72. The van der Waals surface area contributed by atoms with Gasteiger partial charge in [0.05, 0.1) is 12.8 Å². The zero-order valence-corrected chi connectivity index (χ0v) is 14.9. The molecule has 134 valence electrons. The highest BCUT2D eigenvalue weighted by Gasteiger charge is 2.22. The van der Waals surface area contributed by atoms with Crippen LogP contribution in [0.15, 0.2) is 53.1 Å². The molecule has 5 heteroatoms. The molecule has 1 aromatic carbocycles. The third-order valence-electron chi connectivity index (χ3n) is 4.70. The number of nitrogens with zero attached hydrogens (tertiary/aromatic N) is 2. The van der Waals surface area contributed by atoms with Crippen molar-refractivity contribution >= 4 is 6.03 Å². The fourth-order valence-electron chi connectivity index (χ4n) is 3.13. The maximum absolute atomic E-state index is 12.4. The molecule has 1 atom stereocenters. The van der Waals surface area contributed by atoms with Crippen LogP contribution >= 0.6 is 0 Å². The normalized spacial score (nSPS) is 16.6. The predicted molar refractivity (Wildman–Crippen MR) is 98.3 cm³/mol. The van der Waals surface area contributed by atoms with E-state index in [1.807, 2.05) is 23.1 Å². The molecule has 0 unspecified atom stereocenters. The highest BCUT2D eigenvalue weighted by molar-refractivity contribution is 5.74. The molecule has 2 aromatic rings. The van der Waals surface area contributed by atoms with Gasteiger partial charge >= 0.3 is 6.03 Å². The monoisotopic (exact) mass is 341 g/mol. The number of carbonyl (C=O) groups excluding carboxylic acids is 1. The summed E-state index contributed by atoms with van der Waals surface area (Å²) in [7, 11) is 0. The number of aryl methyl sites for hydroxylation is 1. The number of hydrogen-bond acceptors (Lipinski definition) is 3. The van der Waals surface area contributed by atoms with Gasteiger partial charge in [-0.25, -0.2) is 4.79 Å². The fourth-order valence-corrected chi connectivity index (χ4v) is 3.13. The second-order valence-corrected chi connectivity index (χ2v) is 6.72. The number of urea groups is 1. The Morgan fingerprint density at radius 1 is 1.12 bits per heavy atom. The van der Waals surface area contributed by atoms with Crippen LogP contribution in [0.5, 0.6) is 0 Å². The quantitative estimate of drug-likeness (QED) is 0.878. The average molecular weight is 341 g/mol. The van der Waals surface area contributed by atoms with Crippen molar-refractivity contribution in [3.63, 3.8) is 0 Å². The Balaban J connectivity index is 1.37. The van der Waals surface area contributed by atoms with Crippen molar-refractivity contribution in [1.29, 1.82) is 0 Å². The van der Waals surface area contributed by atoms with E-state index in [0.717, 1.165) is 51.3 Å². The molecule has 25 heavy (non-hydrogen) atoms. The summed E-state index contributed by atoms with van der Waals surface area (Å²) < 4.78 is 5.39. The van der Waals surface area contributed by atoms with Crippen molar-refractivity contribution in [1.82, 2.24) is 15.1 Å². The molecule has 1 fully saturated rings. The summed E-state index contributed by atoms with van der Waals surface area (Å²) in [4.78, 5) is 16.7. The van der Waals surface area contributed by atoms with Crippen molar-refractivity contribution < 1.29 is 9.21 Å². The lowest BCUT2D eigenvalue weighted by Crippen LogP contribution is -2.52. The number of carbonyl (C=O) groups is 1. The molecule has 1 aliphatic rings. The van der Waals surface area contributed by atoms with Crippen LogP contribution in [0.25, 0.3) is 0 Å². The van der Waals surface area contributed by atoms with Gasteiger partial charge in [0.15, 0.2) is 0 Å². The fraction of sp³-hybridized carbons (Fsp3) is 0.450. The van der Waals surface area contributed by atoms with E-state index in [4.69, 9.17) is 4.42 Å². The zero-order valence-electron chi connectivity index (χ0n) is 14.9. The smallest absolute Gasteiger partial charge is 0.317 e. The molecule has 5 nitrogen and oxygen atoms in total. The number of rotatable bonds is 6. The summed E-state index contributed by atoms with van der Waals surface area (Å²) in [5, 5.41) is 3.13. The maximum Gasteiger partial charge on any atom is 0.317 e. The van der Waals surface area contributed by atoms with Gasteiger partial charge in [-0.3, -0.25) is 4.90 Å². The Kier molecular flexibility index (Phi) is 6.12. The molecule has 1 N–H and O–H groups in total. The first kappa shape index (κ1) is 17.5. The van der Waals surface area contributed by atoms with E-state index < -0.39 is 0 Å². The Hall–Kier alpha value is -2.27.